The van der Waals surface area contributed by atoms with Gasteiger partial charge in [0.05, 0.1) is 18.3 Å². The van der Waals surface area contributed by atoms with Crippen molar-refractivity contribution in [1.82, 2.24) is 0 Å². The van der Waals surface area contributed by atoms with Gasteiger partial charge in [0.15, 0.2) is 0 Å². The first-order valence-electron chi connectivity index (χ1n) is 8.76. The average molecular weight is 373 g/mol. The minimum atomic E-state index is 0.266. The summed E-state index contributed by atoms with van der Waals surface area (Å²) in [4.78, 5) is 2.87. The molecule has 0 amide bonds. The molecule has 0 atom stereocenters. The number of hydrogen-bond acceptors (Lipinski definition) is 4. The van der Waals surface area contributed by atoms with Crippen molar-refractivity contribution < 1.29 is 9.47 Å². The lowest BCUT2D eigenvalue weighted by atomic mass is 9.99. The zero-order valence-electron chi connectivity index (χ0n) is 15.3. The topological polar surface area (TPSA) is 18.5 Å². The fraction of sp³-hybridized carbons (Fsp3) is 0.429. The summed E-state index contributed by atoms with van der Waals surface area (Å²) < 4.78 is 11.3. The lowest BCUT2D eigenvalue weighted by Gasteiger charge is -2.40. The predicted molar refractivity (Wildman–Crippen MR) is 107 cm³/mol. The second kappa shape index (κ2) is 6.48. The van der Waals surface area contributed by atoms with Crippen LogP contribution in [-0.2, 0) is 12.8 Å². The normalized spacial score (nSPS) is 17.8. The molecule has 2 aliphatic rings. The summed E-state index contributed by atoms with van der Waals surface area (Å²) >= 11 is 4.14. The molecule has 0 bridgehead atoms. The van der Waals surface area contributed by atoms with E-state index in [0.717, 1.165) is 24.3 Å². The van der Waals surface area contributed by atoms with Gasteiger partial charge in [-0.3, -0.25) is 0 Å². The van der Waals surface area contributed by atoms with E-state index < -0.39 is 0 Å². The van der Waals surface area contributed by atoms with E-state index in [4.69, 9.17) is 9.47 Å². The third-order valence-corrected chi connectivity index (χ3v) is 8.56. The molecule has 0 N–H and O–H groups in total. The lowest BCUT2D eigenvalue weighted by molar-refractivity contribution is 0.410. The summed E-state index contributed by atoms with van der Waals surface area (Å²) in [5, 5.41) is 0. The number of fused-ring (bicyclic) bond motifs is 2. The summed E-state index contributed by atoms with van der Waals surface area (Å²) in [6, 6.07) is 9.10. The van der Waals surface area contributed by atoms with Crippen molar-refractivity contribution >= 4 is 23.5 Å². The fourth-order valence-electron chi connectivity index (χ4n) is 3.83. The largest absolute Gasteiger partial charge is 0.496 e. The third-order valence-electron chi connectivity index (χ3n) is 5.30. The molecule has 25 heavy (non-hydrogen) atoms. The van der Waals surface area contributed by atoms with Crippen LogP contribution in [0.15, 0.2) is 34.1 Å². The van der Waals surface area contributed by atoms with E-state index in [1.807, 2.05) is 0 Å². The number of hydrogen-bond donors (Lipinski definition) is 0. The molecular weight excluding hydrogens is 348 g/mol. The van der Waals surface area contributed by atoms with Gasteiger partial charge in [0, 0.05) is 9.79 Å². The summed E-state index contributed by atoms with van der Waals surface area (Å²) in [6.45, 7) is 4.28. The molecule has 2 nitrogen and oxygen atoms in total. The second-order valence-corrected chi connectivity index (χ2v) is 10.1. The van der Waals surface area contributed by atoms with Crippen LogP contribution in [0.3, 0.4) is 0 Å². The minimum Gasteiger partial charge on any atom is -0.496 e. The van der Waals surface area contributed by atoms with Crippen LogP contribution in [0.2, 0.25) is 0 Å². The molecule has 4 rings (SSSR count). The molecule has 0 saturated carbocycles. The zero-order valence-corrected chi connectivity index (χ0v) is 16.9. The van der Waals surface area contributed by atoms with Gasteiger partial charge in [-0.25, -0.2) is 0 Å². The van der Waals surface area contributed by atoms with Crippen molar-refractivity contribution in [2.45, 2.75) is 53.4 Å². The Kier molecular flexibility index (Phi) is 4.45. The Morgan fingerprint density at radius 3 is 1.60 bits per heavy atom. The quantitative estimate of drug-likeness (QED) is 0.663. The van der Waals surface area contributed by atoms with Crippen molar-refractivity contribution in [2.24, 2.45) is 0 Å². The number of rotatable bonds is 2. The Bertz CT molecular complexity index is 760. The standard InChI is InChI=1S/C21H24O2S2/c1-13-9-19-15(11-17(13)22-3)5-7-21(24-19)8-6-16-12-18(23-4)14(2)10-20(16)25-21/h9-12H,5-8H2,1-4H3. The summed E-state index contributed by atoms with van der Waals surface area (Å²) in [5.74, 6) is 2.03. The van der Waals surface area contributed by atoms with E-state index in [2.05, 4.69) is 61.6 Å². The highest BCUT2D eigenvalue weighted by molar-refractivity contribution is 8.18. The second-order valence-electron chi connectivity index (χ2n) is 6.97. The van der Waals surface area contributed by atoms with Gasteiger partial charge < -0.3 is 9.47 Å². The van der Waals surface area contributed by atoms with Crippen molar-refractivity contribution in [3.63, 3.8) is 0 Å². The van der Waals surface area contributed by atoms with E-state index >= 15 is 0 Å². The van der Waals surface area contributed by atoms with Gasteiger partial charge in [0.25, 0.3) is 0 Å². The van der Waals surface area contributed by atoms with Crippen molar-refractivity contribution in [3.8, 4) is 11.5 Å². The van der Waals surface area contributed by atoms with Crippen LogP contribution in [0.1, 0.15) is 35.1 Å². The average Bonchev–Trinajstić information content (AvgIpc) is 2.60. The molecular formula is C21H24O2S2. The highest BCUT2D eigenvalue weighted by atomic mass is 32.2. The van der Waals surface area contributed by atoms with Crippen molar-refractivity contribution in [3.05, 3.63) is 46.5 Å². The SMILES string of the molecule is COc1cc2c(cc1C)SC1(CC2)CCc2cc(OC)c(C)cc2S1. The molecule has 0 fully saturated rings. The molecule has 4 heteroatoms. The van der Waals surface area contributed by atoms with Crippen LogP contribution >= 0.6 is 23.5 Å². The highest BCUT2D eigenvalue weighted by Gasteiger charge is 2.39. The molecule has 0 unspecified atom stereocenters. The van der Waals surface area contributed by atoms with Crippen LogP contribution in [0.5, 0.6) is 11.5 Å². The number of aryl methyl sites for hydroxylation is 4. The van der Waals surface area contributed by atoms with Crippen LogP contribution in [0.4, 0.5) is 0 Å². The Morgan fingerprint density at radius 1 is 0.760 bits per heavy atom. The minimum absolute atomic E-state index is 0.266. The first kappa shape index (κ1) is 17.2. The number of ether oxygens (including phenoxy) is 2. The Hall–Kier alpha value is -1.26. The van der Waals surface area contributed by atoms with Gasteiger partial charge in [-0.05, 0) is 86.1 Å². The summed E-state index contributed by atoms with van der Waals surface area (Å²) in [7, 11) is 3.52. The Balaban J connectivity index is 1.65. The maximum atomic E-state index is 5.50. The first-order chi connectivity index (χ1) is 12.0. The zero-order chi connectivity index (χ0) is 17.6. The molecule has 2 aliphatic heterocycles. The Morgan fingerprint density at radius 2 is 1.20 bits per heavy atom. The van der Waals surface area contributed by atoms with Gasteiger partial charge in [-0.1, -0.05) is 0 Å². The summed E-state index contributed by atoms with van der Waals surface area (Å²) in [6.07, 6.45) is 4.70. The highest BCUT2D eigenvalue weighted by Crippen LogP contribution is 2.58. The molecule has 132 valence electrons. The van der Waals surface area contributed by atoms with Gasteiger partial charge in [-0.15, -0.1) is 23.5 Å². The molecule has 2 heterocycles. The van der Waals surface area contributed by atoms with E-state index in [1.54, 1.807) is 14.2 Å². The van der Waals surface area contributed by atoms with Gasteiger partial charge in [0.1, 0.15) is 11.5 Å². The fourth-order valence-corrected chi connectivity index (χ4v) is 7.21. The van der Waals surface area contributed by atoms with Gasteiger partial charge in [0.2, 0.25) is 0 Å². The van der Waals surface area contributed by atoms with Crippen LogP contribution in [-0.4, -0.2) is 18.3 Å². The maximum absolute atomic E-state index is 5.50. The van der Waals surface area contributed by atoms with Crippen LogP contribution in [0.25, 0.3) is 0 Å². The van der Waals surface area contributed by atoms with E-state index in [0.29, 0.717) is 0 Å². The Labute approximate surface area is 158 Å². The van der Waals surface area contributed by atoms with E-state index in [-0.39, 0.29) is 4.08 Å². The molecule has 2 aromatic rings. The van der Waals surface area contributed by atoms with Crippen molar-refractivity contribution in [2.75, 3.05) is 14.2 Å². The van der Waals surface area contributed by atoms with E-state index in [9.17, 15) is 0 Å². The lowest BCUT2D eigenvalue weighted by Crippen LogP contribution is -2.28. The molecule has 1 spiro atoms. The first-order valence-corrected chi connectivity index (χ1v) is 10.4. The van der Waals surface area contributed by atoms with Crippen LogP contribution in [0, 0.1) is 13.8 Å². The number of benzene rings is 2. The van der Waals surface area contributed by atoms with E-state index in [1.165, 1.54) is 44.9 Å². The van der Waals surface area contributed by atoms with Crippen LogP contribution < -0.4 is 9.47 Å². The summed E-state index contributed by atoms with van der Waals surface area (Å²) in [5.41, 5.74) is 5.34. The predicted octanol–water partition coefficient (Wildman–Crippen LogP) is 5.79. The van der Waals surface area contributed by atoms with Crippen molar-refractivity contribution in [1.29, 1.82) is 0 Å². The molecule has 0 radical (unpaired) electrons. The van der Waals surface area contributed by atoms with Gasteiger partial charge >= 0.3 is 0 Å². The monoisotopic (exact) mass is 372 g/mol. The smallest absolute Gasteiger partial charge is 0.122 e. The number of thioether (sulfide) groups is 2. The molecule has 2 aromatic carbocycles. The van der Waals surface area contributed by atoms with Gasteiger partial charge in [-0.2, -0.15) is 0 Å². The molecule has 0 aliphatic carbocycles. The molecule has 0 aromatic heterocycles. The number of methoxy groups -OCH3 is 2. The maximum Gasteiger partial charge on any atom is 0.122 e. The molecule has 0 saturated heterocycles. The third kappa shape index (κ3) is 3.04.